The van der Waals surface area contributed by atoms with Crippen LogP contribution in [0.3, 0.4) is 0 Å². The average molecular weight is 276 g/mol. The number of nitro benzene ring substituents is 1. The van der Waals surface area contributed by atoms with Gasteiger partial charge < -0.3 is 5.32 Å². The molecule has 0 radical (unpaired) electrons. The highest BCUT2D eigenvalue weighted by Crippen LogP contribution is 2.35. The van der Waals surface area contributed by atoms with Gasteiger partial charge in [-0.1, -0.05) is 13.0 Å². The molecule has 19 heavy (non-hydrogen) atoms. The van der Waals surface area contributed by atoms with Crippen molar-refractivity contribution in [1.29, 1.82) is 0 Å². The van der Waals surface area contributed by atoms with Crippen LogP contribution >= 0.6 is 0 Å². The van der Waals surface area contributed by atoms with E-state index in [2.05, 4.69) is 5.32 Å². The summed E-state index contributed by atoms with van der Waals surface area (Å²) in [6, 6.07) is 2.79. The molecule has 1 aromatic carbocycles. The molecule has 0 aliphatic rings. The lowest BCUT2D eigenvalue weighted by molar-refractivity contribution is -0.385. The van der Waals surface area contributed by atoms with E-state index in [0.29, 0.717) is 12.5 Å². The second-order valence-electron chi connectivity index (χ2n) is 4.19. The fraction of sp³-hybridized carbons (Fsp3) is 0.500. The van der Waals surface area contributed by atoms with E-state index in [1.54, 1.807) is 7.05 Å². The molecule has 1 aromatic rings. The number of alkyl halides is 3. The predicted molar refractivity (Wildman–Crippen MR) is 64.9 cm³/mol. The molecule has 7 heteroatoms. The van der Waals surface area contributed by atoms with Gasteiger partial charge in [0, 0.05) is 18.2 Å². The van der Waals surface area contributed by atoms with Crippen molar-refractivity contribution >= 4 is 5.69 Å². The number of hydrogen-bond acceptors (Lipinski definition) is 3. The first-order valence-electron chi connectivity index (χ1n) is 5.81. The smallest absolute Gasteiger partial charge is 0.317 e. The van der Waals surface area contributed by atoms with E-state index < -0.39 is 22.4 Å². The SMILES string of the molecule is CCC(Cc1ccc([N+](=O)[O-])cc1C(F)(F)F)NC. The molecule has 0 spiro atoms. The Balaban J connectivity index is 3.20. The molecule has 106 valence electrons. The molecule has 0 aliphatic heterocycles. The fourth-order valence-electron chi connectivity index (χ4n) is 1.84. The number of halogens is 3. The first kappa shape index (κ1) is 15.4. The van der Waals surface area contributed by atoms with Crippen LogP contribution < -0.4 is 5.32 Å². The predicted octanol–water partition coefficient (Wildman–Crippen LogP) is 3.15. The third-order valence-electron chi connectivity index (χ3n) is 2.98. The van der Waals surface area contributed by atoms with Gasteiger partial charge in [-0.15, -0.1) is 0 Å². The number of hydrogen-bond donors (Lipinski definition) is 1. The summed E-state index contributed by atoms with van der Waals surface area (Å²) in [4.78, 5) is 9.73. The van der Waals surface area contributed by atoms with Gasteiger partial charge in [0.2, 0.25) is 0 Å². The van der Waals surface area contributed by atoms with Crippen LogP contribution in [-0.2, 0) is 12.6 Å². The summed E-state index contributed by atoms with van der Waals surface area (Å²) >= 11 is 0. The van der Waals surface area contributed by atoms with E-state index >= 15 is 0 Å². The van der Waals surface area contributed by atoms with Crippen molar-refractivity contribution in [3.05, 3.63) is 39.4 Å². The Morgan fingerprint density at radius 1 is 1.42 bits per heavy atom. The van der Waals surface area contributed by atoms with Crippen LogP contribution in [0.25, 0.3) is 0 Å². The molecule has 0 heterocycles. The van der Waals surface area contributed by atoms with Crippen LogP contribution in [0.15, 0.2) is 18.2 Å². The largest absolute Gasteiger partial charge is 0.416 e. The highest BCUT2D eigenvalue weighted by Gasteiger charge is 2.35. The van der Waals surface area contributed by atoms with E-state index in [9.17, 15) is 23.3 Å². The second kappa shape index (κ2) is 6.01. The standard InChI is InChI=1S/C12H15F3N2O2/c1-3-9(16-2)6-8-4-5-10(17(18)19)7-11(8)12(13,14)15/h4-5,7,9,16H,3,6H2,1-2H3. The van der Waals surface area contributed by atoms with Gasteiger partial charge >= 0.3 is 6.18 Å². The van der Waals surface area contributed by atoms with Crippen molar-refractivity contribution in [1.82, 2.24) is 5.32 Å². The van der Waals surface area contributed by atoms with E-state index in [1.165, 1.54) is 6.07 Å². The van der Waals surface area contributed by atoms with Crippen molar-refractivity contribution < 1.29 is 18.1 Å². The summed E-state index contributed by atoms with van der Waals surface area (Å²) in [5.41, 5.74) is -1.41. The van der Waals surface area contributed by atoms with Crippen LogP contribution in [0, 0.1) is 10.1 Å². The zero-order valence-electron chi connectivity index (χ0n) is 10.6. The number of rotatable bonds is 5. The summed E-state index contributed by atoms with van der Waals surface area (Å²) in [7, 11) is 1.67. The minimum Gasteiger partial charge on any atom is -0.317 e. The van der Waals surface area contributed by atoms with Gasteiger partial charge in [-0.05, 0) is 25.5 Å². The second-order valence-corrected chi connectivity index (χ2v) is 4.19. The van der Waals surface area contributed by atoms with Crippen molar-refractivity contribution in [2.75, 3.05) is 7.05 Å². The van der Waals surface area contributed by atoms with Crippen LogP contribution in [0.1, 0.15) is 24.5 Å². The molecule has 0 bridgehead atoms. The van der Waals surface area contributed by atoms with E-state index in [4.69, 9.17) is 0 Å². The lowest BCUT2D eigenvalue weighted by Crippen LogP contribution is -2.27. The molecule has 1 atom stereocenters. The quantitative estimate of drug-likeness (QED) is 0.664. The number of non-ortho nitro benzene ring substituents is 1. The molecular formula is C12H15F3N2O2. The van der Waals surface area contributed by atoms with Crippen molar-refractivity contribution in [2.45, 2.75) is 32.0 Å². The number of benzene rings is 1. The third-order valence-corrected chi connectivity index (χ3v) is 2.98. The van der Waals surface area contributed by atoms with Crippen LogP contribution in [0.2, 0.25) is 0 Å². The lowest BCUT2D eigenvalue weighted by Gasteiger charge is -2.17. The van der Waals surface area contributed by atoms with Crippen molar-refractivity contribution in [3.63, 3.8) is 0 Å². The minimum absolute atomic E-state index is 0.0688. The molecule has 0 saturated carbocycles. The fourth-order valence-corrected chi connectivity index (χ4v) is 1.84. The van der Waals surface area contributed by atoms with Gasteiger partial charge in [-0.2, -0.15) is 13.2 Å². The molecule has 4 nitrogen and oxygen atoms in total. The maximum Gasteiger partial charge on any atom is 0.416 e. The Labute approximate surface area is 108 Å². The van der Waals surface area contributed by atoms with E-state index in [1.807, 2.05) is 6.92 Å². The molecule has 1 unspecified atom stereocenters. The normalized spacial score (nSPS) is 13.3. The molecular weight excluding hydrogens is 261 g/mol. The molecule has 0 aliphatic carbocycles. The molecule has 1 N–H and O–H groups in total. The third kappa shape index (κ3) is 3.92. The zero-order valence-corrected chi connectivity index (χ0v) is 10.6. The highest BCUT2D eigenvalue weighted by molar-refractivity contribution is 5.41. The van der Waals surface area contributed by atoms with Crippen LogP contribution in [-0.4, -0.2) is 18.0 Å². The molecule has 0 fully saturated rings. The summed E-state index contributed by atoms with van der Waals surface area (Å²) < 4.78 is 38.7. The zero-order chi connectivity index (χ0) is 14.6. The summed E-state index contributed by atoms with van der Waals surface area (Å²) in [6.07, 6.45) is -3.74. The summed E-state index contributed by atoms with van der Waals surface area (Å²) in [5.74, 6) is 0. The van der Waals surface area contributed by atoms with Crippen molar-refractivity contribution in [2.24, 2.45) is 0 Å². The van der Waals surface area contributed by atoms with Gasteiger partial charge in [-0.25, -0.2) is 0 Å². The molecule has 0 saturated heterocycles. The first-order chi connectivity index (χ1) is 8.79. The number of nitro groups is 1. The van der Waals surface area contributed by atoms with Gasteiger partial charge in [-0.3, -0.25) is 10.1 Å². The molecule has 1 rings (SSSR count). The van der Waals surface area contributed by atoms with Gasteiger partial charge in [0.1, 0.15) is 0 Å². The molecule has 0 amide bonds. The van der Waals surface area contributed by atoms with Crippen LogP contribution in [0.5, 0.6) is 0 Å². The summed E-state index contributed by atoms with van der Waals surface area (Å²) in [5, 5.41) is 13.5. The highest BCUT2D eigenvalue weighted by atomic mass is 19.4. The first-order valence-corrected chi connectivity index (χ1v) is 5.81. The maximum absolute atomic E-state index is 12.9. The van der Waals surface area contributed by atoms with Gasteiger partial charge in [0.05, 0.1) is 10.5 Å². The Hall–Kier alpha value is -1.63. The number of nitrogens with zero attached hydrogens (tertiary/aromatic N) is 1. The Bertz CT molecular complexity index is 457. The molecule has 0 aromatic heterocycles. The Kier molecular flexibility index (Phi) is 4.88. The monoisotopic (exact) mass is 276 g/mol. The van der Waals surface area contributed by atoms with E-state index in [-0.39, 0.29) is 18.0 Å². The number of likely N-dealkylation sites (N-methyl/N-ethyl adjacent to an activating group) is 1. The van der Waals surface area contributed by atoms with Gasteiger partial charge in [0.25, 0.3) is 5.69 Å². The minimum atomic E-state index is -4.59. The average Bonchev–Trinajstić information content (AvgIpc) is 2.34. The van der Waals surface area contributed by atoms with E-state index in [0.717, 1.165) is 6.07 Å². The number of nitrogens with one attached hydrogen (secondary N) is 1. The maximum atomic E-state index is 12.9. The van der Waals surface area contributed by atoms with Gasteiger partial charge in [0.15, 0.2) is 0 Å². The lowest BCUT2D eigenvalue weighted by atomic mass is 9.98. The Morgan fingerprint density at radius 2 is 2.05 bits per heavy atom. The van der Waals surface area contributed by atoms with Crippen LogP contribution in [0.4, 0.5) is 18.9 Å². The Morgan fingerprint density at radius 3 is 2.47 bits per heavy atom. The topological polar surface area (TPSA) is 55.2 Å². The van der Waals surface area contributed by atoms with Crippen molar-refractivity contribution in [3.8, 4) is 0 Å². The summed E-state index contributed by atoms with van der Waals surface area (Å²) in [6.45, 7) is 1.86.